The van der Waals surface area contributed by atoms with E-state index < -0.39 is 0 Å². The van der Waals surface area contributed by atoms with E-state index in [1.807, 2.05) is 49.4 Å². The van der Waals surface area contributed by atoms with Gasteiger partial charge in [-0.1, -0.05) is 36.4 Å². The van der Waals surface area contributed by atoms with E-state index in [0.717, 1.165) is 34.4 Å². The van der Waals surface area contributed by atoms with Crippen molar-refractivity contribution in [1.82, 2.24) is 4.98 Å². The van der Waals surface area contributed by atoms with E-state index in [9.17, 15) is 10.1 Å². The average molecular weight is 366 g/mol. The molecule has 0 aromatic heterocycles. The second-order valence-corrected chi connectivity index (χ2v) is 6.38. The van der Waals surface area contributed by atoms with Gasteiger partial charge in [0.1, 0.15) is 0 Å². The van der Waals surface area contributed by atoms with Gasteiger partial charge < -0.3 is 10.6 Å². The molecule has 2 aromatic carbocycles. The van der Waals surface area contributed by atoms with Crippen LogP contribution in [-0.2, 0) is 0 Å². The van der Waals surface area contributed by atoms with E-state index in [1.165, 1.54) is 0 Å². The Kier molecular flexibility index (Phi) is 4.61. The lowest BCUT2D eigenvalue weighted by molar-refractivity contribution is 0.102. The van der Waals surface area contributed by atoms with Crippen LogP contribution in [0, 0.1) is 11.3 Å². The zero-order valence-electron chi connectivity index (χ0n) is 15.4. The number of nitrogens with zero attached hydrogens (tertiary/aromatic N) is 2. The quantitative estimate of drug-likeness (QED) is 0.539. The maximum absolute atomic E-state index is 12.7. The predicted octanol–water partition coefficient (Wildman–Crippen LogP) is 4.90. The predicted molar refractivity (Wildman–Crippen MR) is 112 cm³/mol. The molecule has 2 aromatic rings. The molecule has 0 atom stereocenters. The number of carbonyl (C=O) groups is 1. The SMILES string of the molecule is CCNc1cccc2c3cccc(NC(=O)c4ccccc4C#N)cc-3nc12. The first-order valence-corrected chi connectivity index (χ1v) is 9.08. The Bertz CT molecular complexity index is 1190. The zero-order valence-corrected chi connectivity index (χ0v) is 15.4. The molecule has 4 rings (SSSR count). The van der Waals surface area contributed by atoms with Crippen LogP contribution in [0.2, 0.25) is 0 Å². The third-order valence-corrected chi connectivity index (χ3v) is 4.58. The Balaban J connectivity index is 1.74. The van der Waals surface area contributed by atoms with E-state index in [4.69, 9.17) is 4.98 Å². The van der Waals surface area contributed by atoms with Crippen LogP contribution in [-0.4, -0.2) is 17.4 Å². The molecule has 1 heterocycles. The fourth-order valence-corrected chi connectivity index (χ4v) is 3.32. The Morgan fingerprint density at radius 1 is 1.07 bits per heavy atom. The van der Waals surface area contributed by atoms with Gasteiger partial charge in [0.05, 0.1) is 34.1 Å². The lowest BCUT2D eigenvalue weighted by atomic mass is 10.1. The largest absolute Gasteiger partial charge is 0.384 e. The summed E-state index contributed by atoms with van der Waals surface area (Å²) in [5, 5.41) is 16.5. The number of nitrogens with one attached hydrogen (secondary N) is 2. The van der Waals surface area contributed by atoms with Crippen LogP contribution in [0.4, 0.5) is 11.4 Å². The Morgan fingerprint density at radius 3 is 2.71 bits per heavy atom. The van der Waals surface area contributed by atoms with Gasteiger partial charge in [-0.3, -0.25) is 4.79 Å². The van der Waals surface area contributed by atoms with Crippen molar-refractivity contribution in [3.63, 3.8) is 0 Å². The number of nitriles is 1. The van der Waals surface area contributed by atoms with Gasteiger partial charge in [-0.25, -0.2) is 4.98 Å². The van der Waals surface area contributed by atoms with Gasteiger partial charge >= 0.3 is 0 Å². The number of anilines is 2. The van der Waals surface area contributed by atoms with Crippen LogP contribution in [0.1, 0.15) is 22.8 Å². The van der Waals surface area contributed by atoms with E-state index in [-0.39, 0.29) is 5.91 Å². The third-order valence-electron chi connectivity index (χ3n) is 4.58. The highest BCUT2D eigenvalue weighted by atomic mass is 16.1. The molecular weight excluding hydrogens is 348 g/mol. The summed E-state index contributed by atoms with van der Waals surface area (Å²) in [7, 11) is 0. The molecule has 0 saturated carbocycles. The zero-order chi connectivity index (χ0) is 19.5. The smallest absolute Gasteiger partial charge is 0.257 e. The molecule has 1 aliphatic carbocycles. The molecule has 5 heteroatoms. The highest BCUT2D eigenvalue weighted by molar-refractivity contribution is 6.07. The fourth-order valence-electron chi connectivity index (χ4n) is 3.32. The van der Waals surface area contributed by atoms with Gasteiger partial charge in [-0.15, -0.1) is 0 Å². The molecule has 0 bridgehead atoms. The van der Waals surface area contributed by atoms with Crippen LogP contribution in [0.15, 0.2) is 66.7 Å². The lowest BCUT2D eigenvalue weighted by Crippen LogP contribution is -2.13. The highest BCUT2D eigenvalue weighted by Crippen LogP contribution is 2.35. The van der Waals surface area contributed by atoms with E-state index in [0.29, 0.717) is 16.8 Å². The van der Waals surface area contributed by atoms with Gasteiger partial charge in [-0.2, -0.15) is 5.26 Å². The average Bonchev–Trinajstić information content (AvgIpc) is 2.94. The first-order chi connectivity index (χ1) is 13.7. The van der Waals surface area contributed by atoms with Crippen molar-refractivity contribution in [2.45, 2.75) is 6.92 Å². The monoisotopic (exact) mass is 366 g/mol. The van der Waals surface area contributed by atoms with Crippen molar-refractivity contribution in [3.05, 3.63) is 77.9 Å². The Morgan fingerprint density at radius 2 is 1.89 bits per heavy atom. The van der Waals surface area contributed by atoms with Crippen molar-refractivity contribution >= 4 is 28.2 Å². The van der Waals surface area contributed by atoms with Gasteiger partial charge in [0.25, 0.3) is 5.91 Å². The molecule has 0 radical (unpaired) electrons. The third kappa shape index (κ3) is 3.12. The standard InChI is InChI=1S/C23H18N4O/c1-2-25-20-12-6-11-19-18-10-5-8-16(13-21(18)27-22(19)20)26-23(28)17-9-4-3-7-15(17)14-24/h3-13,25H,2H2,1H3,(H,26,28). The van der Waals surface area contributed by atoms with Gasteiger partial charge in [0, 0.05) is 23.2 Å². The van der Waals surface area contributed by atoms with Gasteiger partial charge in [-0.05, 0) is 37.3 Å². The van der Waals surface area contributed by atoms with Crippen LogP contribution in [0.3, 0.4) is 0 Å². The first-order valence-electron chi connectivity index (χ1n) is 9.08. The maximum atomic E-state index is 12.7. The summed E-state index contributed by atoms with van der Waals surface area (Å²) >= 11 is 0. The molecule has 0 unspecified atom stereocenters. The van der Waals surface area contributed by atoms with Gasteiger partial charge in [0.15, 0.2) is 0 Å². The number of carbonyl (C=O) groups excluding carboxylic acids is 1. The van der Waals surface area contributed by atoms with E-state index in [1.54, 1.807) is 24.3 Å². The number of rotatable bonds is 4. The highest BCUT2D eigenvalue weighted by Gasteiger charge is 2.15. The summed E-state index contributed by atoms with van der Waals surface area (Å²) < 4.78 is 0. The topological polar surface area (TPSA) is 77.8 Å². The minimum Gasteiger partial charge on any atom is -0.384 e. The first kappa shape index (κ1) is 17.5. The van der Waals surface area contributed by atoms with Crippen molar-refractivity contribution in [2.24, 2.45) is 0 Å². The normalized spacial score (nSPS) is 10.6. The summed E-state index contributed by atoms with van der Waals surface area (Å²) in [4.78, 5) is 17.4. The molecule has 136 valence electrons. The molecule has 1 amide bonds. The molecule has 0 fully saturated rings. The summed E-state index contributed by atoms with van der Waals surface area (Å²) in [6, 6.07) is 22.5. The fraction of sp³-hybridized carbons (Fsp3) is 0.0870. The lowest BCUT2D eigenvalue weighted by Gasteiger charge is -2.05. The van der Waals surface area contributed by atoms with Crippen molar-refractivity contribution in [1.29, 1.82) is 5.26 Å². The molecule has 28 heavy (non-hydrogen) atoms. The summed E-state index contributed by atoms with van der Waals surface area (Å²) in [5.74, 6) is -0.319. The number of hydrogen-bond donors (Lipinski definition) is 2. The second kappa shape index (κ2) is 7.37. The van der Waals surface area contributed by atoms with Crippen LogP contribution < -0.4 is 10.6 Å². The molecule has 5 nitrogen and oxygen atoms in total. The van der Waals surface area contributed by atoms with Gasteiger partial charge in [0.2, 0.25) is 0 Å². The van der Waals surface area contributed by atoms with E-state index in [2.05, 4.69) is 16.7 Å². The maximum Gasteiger partial charge on any atom is 0.257 e. The van der Waals surface area contributed by atoms with Crippen molar-refractivity contribution in [2.75, 3.05) is 17.2 Å². The van der Waals surface area contributed by atoms with Crippen molar-refractivity contribution in [3.8, 4) is 17.3 Å². The number of para-hydroxylation sites is 1. The molecule has 1 aliphatic heterocycles. The number of aromatic nitrogens is 1. The second-order valence-electron chi connectivity index (χ2n) is 6.38. The minimum absolute atomic E-state index is 0.319. The molecule has 2 N–H and O–H groups in total. The summed E-state index contributed by atoms with van der Waals surface area (Å²) in [6.45, 7) is 2.86. The van der Waals surface area contributed by atoms with Crippen molar-refractivity contribution < 1.29 is 4.79 Å². The summed E-state index contributed by atoms with van der Waals surface area (Å²) in [6.07, 6.45) is 0. The van der Waals surface area contributed by atoms with Crippen LogP contribution >= 0.6 is 0 Å². The molecular formula is C23H18N4O. The Labute approximate surface area is 163 Å². The number of amides is 1. The summed E-state index contributed by atoms with van der Waals surface area (Å²) in [5.41, 5.74) is 5.05. The minimum atomic E-state index is -0.319. The van der Waals surface area contributed by atoms with Crippen LogP contribution in [0.25, 0.3) is 22.2 Å². The number of benzene rings is 2. The Hall–Kier alpha value is -3.91. The molecule has 0 saturated heterocycles. The number of hydrogen-bond acceptors (Lipinski definition) is 4. The van der Waals surface area contributed by atoms with E-state index >= 15 is 0 Å². The van der Waals surface area contributed by atoms with Crippen LogP contribution in [0.5, 0.6) is 0 Å². The molecule has 0 spiro atoms. The molecule has 2 aliphatic rings. The number of fused-ring (bicyclic) bond motifs is 3.